The van der Waals surface area contributed by atoms with Gasteiger partial charge in [-0.3, -0.25) is 0 Å². The van der Waals surface area contributed by atoms with Gasteiger partial charge >= 0.3 is 5.97 Å². The molecule has 0 radical (unpaired) electrons. The number of hydrogen-bond donors (Lipinski definition) is 0. The lowest BCUT2D eigenvalue weighted by molar-refractivity contribution is 0.0515. The first-order chi connectivity index (χ1) is 12.8. The minimum absolute atomic E-state index is 0.432. The summed E-state index contributed by atoms with van der Waals surface area (Å²) in [5.74, 6) is -0.432. The first-order valence-electron chi connectivity index (χ1n) is 8.88. The molecule has 1 aliphatic rings. The van der Waals surface area contributed by atoms with Crippen molar-refractivity contribution in [1.82, 2.24) is 0 Å². The van der Waals surface area contributed by atoms with Gasteiger partial charge in [-0.2, -0.15) is 0 Å². The molecule has 4 nitrogen and oxygen atoms in total. The van der Waals surface area contributed by atoms with Crippen LogP contribution in [0.3, 0.4) is 0 Å². The van der Waals surface area contributed by atoms with E-state index in [1.807, 2.05) is 24.3 Å². The fraction of sp³-hybridized carbons (Fsp3) is 0.182. The molecule has 4 heteroatoms. The average molecular weight is 344 g/mol. The summed E-state index contributed by atoms with van der Waals surface area (Å²) in [6.07, 6.45) is 0.751. The van der Waals surface area contributed by atoms with Crippen molar-refractivity contribution in [2.45, 2.75) is 13.3 Å². The zero-order valence-electron chi connectivity index (χ0n) is 14.7. The predicted octanol–water partition coefficient (Wildman–Crippen LogP) is 4.63. The molecule has 1 aliphatic heterocycles. The van der Waals surface area contributed by atoms with Crippen LogP contribution >= 0.6 is 0 Å². The molecule has 0 atom stereocenters. The van der Waals surface area contributed by atoms with Gasteiger partial charge in [0, 0.05) is 30.5 Å². The number of fused-ring (bicyclic) bond motifs is 3. The first-order valence-corrected chi connectivity index (χ1v) is 8.88. The normalized spacial score (nSPS) is 15.1. The van der Waals surface area contributed by atoms with Crippen LogP contribution < -0.4 is 4.90 Å². The van der Waals surface area contributed by atoms with Gasteiger partial charge in [0.2, 0.25) is 0 Å². The predicted molar refractivity (Wildman–Crippen MR) is 105 cm³/mol. The molecule has 0 bridgehead atoms. The summed E-state index contributed by atoms with van der Waals surface area (Å²) < 4.78 is 0. The standard InChI is InChI=1S/C22H20N2O2/c1-2-24-15-14-20(23-26-22(25)17-9-4-3-5-10-17)19-13-12-16-8-6-7-11-18(16)21(19)24/h3-13H,2,14-15H2,1H3/b23-20+. The van der Waals surface area contributed by atoms with E-state index in [4.69, 9.17) is 4.84 Å². The van der Waals surface area contributed by atoms with Gasteiger partial charge in [0.05, 0.1) is 17.0 Å². The molecular formula is C22H20N2O2. The van der Waals surface area contributed by atoms with Crippen molar-refractivity contribution in [3.8, 4) is 0 Å². The summed E-state index contributed by atoms with van der Waals surface area (Å²) in [5.41, 5.74) is 3.53. The second kappa shape index (κ2) is 7.00. The number of oxime groups is 1. The largest absolute Gasteiger partial charge is 0.370 e. The van der Waals surface area contributed by atoms with Crippen LogP contribution in [0.2, 0.25) is 0 Å². The van der Waals surface area contributed by atoms with E-state index in [-0.39, 0.29) is 0 Å². The summed E-state index contributed by atoms with van der Waals surface area (Å²) in [6.45, 7) is 3.94. The Hall–Kier alpha value is -3.14. The van der Waals surface area contributed by atoms with Crippen molar-refractivity contribution >= 4 is 28.1 Å². The van der Waals surface area contributed by atoms with E-state index in [0.717, 1.165) is 30.8 Å². The lowest BCUT2D eigenvalue weighted by Crippen LogP contribution is -2.32. The maximum absolute atomic E-state index is 12.2. The smallest absolute Gasteiger partial charge is 0.365 e. The molecule has 0 fully saturated rings. The lowest BCUT2D eigenvalue weighted by atomic mass is 9.95. The molecule has 0 aliphatic carbocycles. The van der Waals surface area contributed by atoms with Crippen molar-refractivity contribution in [2.24, 2.45) is 5.16 Å². The Balaban J connectivity index is 1.71. The molecule has 130 valence electrons. The molecule has 3 aromatic rings. The molecule has 1 heterocycles. The zero-order chi connectivity index (χ0) is 17.9. The number of carbonyl (C=O) groups excluding carboxylic acids is 1. The molecule has 4 rings (SSSR count). The van der Waals surface area contributed by atoms with Gasteiger partial charge in [-0.05, 0) is 24.4 Å². The number of benzene rings is 3. The van der Waals surface area contributed by atoms with Gasteiger partial charge < -0.3 is 9.74 Å². The molecule has 0 spiro atoms. The van der Waals surface area contributed by atoms with Gasteiger partial charge in [-0.25, -0.2) is 4.79 Å². The SMILES string of the molecule is CCN1CC/C(=N\OC(=O)c2ccccc2)c2ccc3ccccc3c21. The van der Waals surface area contributed by atoms with Gasteiger partial charge in [0.15, 0.2) is 0 Å². The van der Waals surface area contributed by atoms with Crippen molar-refractivity contribution in [2.75, 3.05) is 18.0 Å². The molecule has 0 saturated heterocycles. The number of hydrogen-bond acceptors (Lipinski definition) is 4. The third-order valence-electron chi connectivity index (χ3n) is 4.78. The fourth-order valence-electron chi connectivity index (χ4n) is 3.45. The Labute approximate surface area is 152 Å². The van der Waals surface area contributed by atoms with Gasteiger partial charge in [0.1, 0.15) is 0 Å². The number of rotatable bonds is 3. The van der Waals surface area contributed by atoms with Crippen LogP contribution in [0, 0.1) is 0 Å². The Kier molecular flexibility index (Phi) is 4.40. The third kappa shape index (κ3) is 2.94. The zero-order valence-corrected chi connectivity index (χ0v) is 14.7. The molecule has 0 amide bonds. The van der Waals surface area contributed by atoms with E-state index in [2.05, 4.69) is 47.3 Å². The van der Waals surface area contributed by atoms with E-state index in [0.29, 0.717) is 5.56 Å². The number of carbonyl (C=O) groups is 1. The highest BCUT2D eigenvalue weighted by atomic mass is 16.7. The summed E-state index contributed by atoms with van der Waals surface area (Å²) in [7, 11) is 0. The van der Waals surface area contributed by atoms with Crippen molar-refractivity contribution in [3.63, 3.8) is 0 Å². The fourth-order valence-corrected chi connectivity index (χ4v) is 3.45. The van der Waals surface area contributed by atoms with E-state index in [1.54, 1.807) is 12.1 Å². The quantitative estimate of drug-likeness (QED) is 0.514. The van der Waals surface area contributed by atoms with Crippen LogP contribution in [0.15, 0.2) is 71.9 Å². The second-order valence-corrected chi connectivity index (χ2v) is 6.30. The number of anilines is 1. The van der Waals surface area contributed by atoms with Crippen molar-refractivity contribution in [3.05, 3.63) is 77.9 Å². The van der Waals surface area contributed by atoms with E-state index in [9.17, 15) is 4.79 Å². The van der Waals surface area contributed by atoms with Gasteiger partial charge in [-0.15, -0.1) is 0 Å². The summed E-state index contributed by atoms with van der Waals surface area (Å²) in [6, 6.07) is 21.5. The van der Waals surface area contributed by atoms with Crippen LogP contribution in [0.25, 0.3) is 10.8 Å². The summed E-state index contributed by atoms with van der Waals surface area (Å²) in [4.78, 5) is 19.8. The highest BCUT2D eigenvalue weighted by Crippen LogP contribution is 2.35. The number of nitrogens with zero attached hydrogens (tertiary/aromatic N) is 2. The second-order valence-electron chi connectivity index (χ2n) is 6.30. The van der Waals surface area contributed by atoms with Crippen LogP contribution in [0.5, 0.6) is 0 Å². The van der Waals surface area contributed by atoms with Gasteiger partial charge in [-0.1, -0.05) is 59.8 Å². The lowest BCUT2D eigenvalue weighted by Gasteiger charge is -2.32. The van der Waals surface area contributed by atoms with Gasteiger partial charge in [0.25, 0.3) is 0 Å². The topological polar surface area (TPSA) is 41.9 Å². The minimum Gasteiger partial charge on any atom is -0.370 e. The summed E-state index contributed by atoms with van der Waals surface area (Å²) in [5, 5.41) is 6.62. The van der Waals surface area contributed by atoms with E-state index < -0.39 is 5.97 Å². The highest BCUT2D eigenvalue weighted by molar-refractivity contribution is 6.13. The van der Waals surface area contributed by atoms with Crippen molar-refractivity contribution < 1.29 is 9.63 Å². The monoisotopic (exact) mass is 344 g/mol. The molecule has 0 saturated carbocycles. The molecule has 0 aromatic heterocycles. The van der Waals surface area contributed by atoms with E-state index >= 15 is 0 Å². The van der Waals surface area contributed by atoms with Crippen LogP contribution in [0.4, 0.5) is 5.69 Å². The summed E-state index contributed by atoms with van der Waals surface area (Å²) >= 11 is 0. The van der Waals surface area contributed by atoms with E-state index in [1.165, 1.54) is 16.5 Å². The Morgan fingerprint density at radius 3 is 2.62 bits per heavy atom. The minimum atomic E-state index is -0.432. The highest BCUT2D eigenvalue weighted by Gasteiger charge is 2.23. The molecule has 0 N–H and O–H groups in total. The van der Waals surface area contributed by atoms with Crippen LogP contribution in [0.1, 0.15) is 29.3 Å². The third-order valence-corrected chi connectivity index (χ3v) is 4.78. The maximum atomic E-state index is 12.2. The first kappa shape index (κ1) is 16.3. The molecule has 26 heavy (non-hydrogen) atoms. The maximum Gasteiger partial charge on any atom is 0.365 e. The average Bonchev–Trinajstić information content (AvgIpc) is 2.72. The van der Waals surface area contributed by atoms with Crippen LogP contribution in [-0.2, 0) is 4.84 Å². The molecule has 0 unspecified atom stereocenters. The molecular weight excluding hydrogens is 324 g/mol. The molecule has 3 aromatic carbocycles. The van der Waals surface area contributed by atoms with Crippen LogP contribution in [-0.4, -0.2) is 24.8 Å². The Bertz CT molecular complexity index is 980. The Morgan fingerprint density at radius 2 is 1.81 bits per heavy atom. The Morgan fingerprint density at radius 1 is 1.04 bits per heavy atom. The van der Waals surface area contributed by atoms with Crippen molar-refractivity contribution in [1.29, 1.82) is 0 Å².